The Hall–Kier alpha value is -0.0800. The van der Waals surface area contributed by atoms with Crippen molar-refractivity contribution in [1.29, 1.82) is 0 Å². The molecule has 176 valence electrons. The van der Waals surface area contributed by atoms with E-state index < -0.39 is 0 Å². The Balaban J connectivity index is 3.90. The number of unbranched alkanes of at least 4 members (excludes halogenated alkanes) is 14. The molecule has 0 rings (SSSR count). The third-order valence-corrected chi connectivity index (χ3v) is 7.16. The molecule has 0 aliphatic rings. The minimum absolute atomic E-state index is 0.739. The van der Waals surface area contributed by atoms with E-state index in [0.717, 1.165) is 6.04 Å². The van der Waals surface area contributed by atoms with Gasteiger partial charge in [0.25, 0.3) is 0 Å². The van der Waals surface area contributed by atoms with Crippen molar-refractivity contribution < 1.29 is 8.97 Å². The third kappa shape index (κ3) is 17.3. The zero-order chi connectivity index (χ0) is 22.0. The van der Waals surface area contributed by atoms with Crippen LogP contribution in [0.1, 0.15) is 124 Å². The molecular weight excluding hydrogens is 352 g/mol. The van der Waals surface area contributed by atoms with E-state index in [-0.39, 0.29) is 0 Å². The number of likely N-dealkylation sites (N-methyl/N-ethyl adjacent to an activating group) is 2. The van der Waals surface area contributed by atoms with Crippen LogP contribution in [-0.2, 0) is 0 Å². The molecule has 0 aromatic carbocycles. The first-order chi connectivity index (χ1) is 13.7. The molecule has 0 aromatic heterocycles. The maximum Gasteiger partial charge on any atom is 0.135 e. The van der Waals surface area contributed by atoms with E-state index in [2.05, 4.69) is 49.0 Å². The molecule has 0 N–H and O–H groups in total. The standard InChI is InChI=1S/C27H60N2/c1-8-10-12-14-16-18-20-22-24-28(4,5)26-27(3)29(6,7)25-23-21-19-17-15-13-11-9-2/h27H,8-26H2,1-7H3/q+2. The van der Waals surface area contributed by atoms with Crippen LogP contribution in [0.5, 0.6) is 0 Å². The smallest absolute Gasteiger partial charge is 0.135 e. The average molecular weight is 413 g/mol. The Morgan fingerprint density at radius 1 is 0.483 bits per heavy atom. The summed E-state index contributed by atoms with van der Waals surface area (Å²) in [6, 6.07) is 0.739. The van der Waals surface area contributed by atoms with Gasteiger partial charge < -0.3 is 8.97 Å². The number of quaternary nitrogens is 2. The third-order valence-electron chi connectivity index (χ3n) is 7.16. The number of rotatable bonds is 21. The lowest BCUT2D eigenvalue weighted by Crippen LogP contribution is -2.57. The van der Waals surface area contributed by atoms with Crippen LogP contribution in [0.25, 0.3) is 0 Å². The lowest BCUT2D eigenvalue weighted by molar-refractivity contribution is -0.963. The quantitative estimate of drug-likeness (QED) is 0.133. The van der Waals surface area contributed by atoms with Crippen LogP contribution in [0.2, 0.25) is 0 Å². The minimum Gasteiger partial charge on any atom is -0.324 e. The number of hydrogen-bond donors (Lipinski definition) is 0. The fourth-order valence-corrected chi connectivity index (χ4v) is 4.57. The van der Waals surface area contributed by atoms with Crippen molar-refractivity contribution in [2.75, 3.05) is 47.8 Å². The van der Waals surface area contributed by atoms with Gasteiger partial charge in [-0.05, 0) is 32.6 Å². The Labute approximate surface area is 186 Å². The van der Waals surface area contributed by atoms with E-state index in [9.17, 15) is 0 Å². The van der Waals surface area contributed by atoms with E-state index in [1.165, 1.54) is 131 Å². The molecule has 1 atom stereocenters. The average Bonchev–Trinajstić information content (AvgIpc) is 2.65. The molecule has 0 aliphatic heterocycles. The summed E-state index contributed by atoms with van der Waals surface area (Å²) >= 11 is 0. The van der Waals surface area contributed by atoms with Crippen LogP contribution in [0.15, 0.2) is 0 Å². The van der Waals surface area contributed by atoms with Gasteiger partial charge in [0.2, 0.25) is 0 Å². The van der Waals surface area contributed by atoms with Gasteiger partial charge in [-0.1, -0.05) is 90.9 Å². The van der Waals surface area contributed by atoms with Crippen molar-refractivity contribution in [1.82, 2.24) is 0 Å². The summed E-state index contributed by atoms with van der Waals surface area (Å²) in [4.78, 5) is 0. The van der Waals surface area contributed by atoms with Crippen LogP contribution < -0.4 is 0 Å². The van der Waals surface area contributed by atoms with Gasteiger partial charge in [0.1, 0.15) is 12.6 Å². The molecule has 0 aromatic rings. The normalized spacial score (nSPS) is 13.8. The maximum atomic E-state index is 2.48. The Morgan fingerprint density at radius 2 is 0.828 bits per heavy atom. The second kappa shape index (κ2) is 17.6. The highest BCUT2D eigenvalue weighted by atomic mass is 15.4. The highest BCUT2D eigenvalue weighted by molar-refractivity contribution is 4.53. The number of hydrogen-bond acceptors (Lipinski definition) is 0. The molecule has 0 spiro atoms. The summed E-state index contributed by atoms with van der Waals surface area (Å²) in [7, 11) is 9.83. The van der Waals surface area contributed by atoms with E-state index in [4.69, 9.17) is 0 Å². The van der Waals surface area contributed by atoms with Gasteiger partial charge in [-0.15, -0.1) is 0 Å². The van der Waals surface area contributed by atoms with Crippen molar-refractivity contribution in [2.24, 2.45) is 0 Å². The summed E-state index contributed by atoms with van der Waals surface area (Å²) in [6.45, 7) is 11.1. The summed E-state index contributed by atoms with van der Waals surface area (Å²) in [5.74, 6) is 0. The maximum absolute atomic E-state index is 2.48. The molecule has 2 nitrogen and oxygen atoms in total. The van der Waals surface area contributed by atoms with E-state index >= 15 is 0 Å². The minimum atomic E-state index is 0.739. The van der Waals surface area contributed by atoms with Gasteiger partial charge in [0.15, 0.2) is 0 Å². The lowest BCUT2D eigenvalue weighted by atomic mass is 10.1. The number of nitrogens with zero attached hydrogens (tertiary/aromatic N) is 2. The van der Waals surface area contributed by atoms with Crippen LogP contribution in [-0.4, -0.2) is 62.8 Å². The first-order valence-corrected chi connectivity index (χ1v) is 13.4. The molecule has 1 unspecified atom stereocenters. The van der Waals surface area contributed by atoms with Crippen LogP contribution in [0, 0.1) is 0 Å². The van der Waals surface area contributed by atoms with Gasteiger partial charge in [-0.2, -0.15) is 0 Å². The Bertz CT molecular complexity index is 348. The second-order valence-electron chi connectivity index (χ2n) is 11.1. The van der Waals surface area contributed by atoms with Crippen LogP contribution >= 0.6 is 0 Å². The molecule has 29 heavy (non-hydrogen) atoms. The zero-order valence-corrected chi connectivity index (χ0v) is 21.9. The van der Waals surface area contributed by atoms with Crippen molar-refractivity contribution in [3.05, 3.63) is 0 Å². The van der Waals surface area contributed by atoms with E-state index in [1.54, 1.807) is 0 Å². The van der Waals surface area contributed by atoms with Gasteiger partial charge in [0, 0.05) is 0 Å². The molecule has 0 amide bonds. The molecule has 0 radical (unpaired) electrons. The molecule has 2 heteroatoms. The lowest BCUT2D eigenvalue weighted by Gasteiger charge is -2.41. The molecule has 0 bridgehead atoms. The SMILES string of the molecule is CCCCCCCCCC[N+](C)(C)CC(C)[N+](C)(C)CCCCCCCCCC. The highest BCUT2D eigenvalue weighted by Gasteiger charge is 2.30. The van der Waals surface area contributed by atoms with E-state index in [0.29, 0.717) is 0 Å². The molecular formula is C27H60N2+2. The monoisotopic (exact) mass is 412 g/mol. The van der Waals surface area contributed by atoms with Crippen molar-refractivity contribution in [3.8, 4) is 0 Å². The van der Waals surface area contributed by atoms with Crippen LogP contribution in [0.3, 0.4) is 0 Å². The topological polar surface area (TPSA) is 0 Å². The van der Waals surface area contributed by atoms with Gasteiger partial charge in [0.05, 0.1) is 41.3 Å². The van der Waals surface area contributed by atoms with Gasteiger partial charge in [-0.3, -0.25) is 0 Å². The summed E-state index contributed by atoms with van der Waals surface area (Å²) in [5, 5.41) is 0. The largest absolute Gasteiger partial charge is 0.324 e. The second-order valence-corrected chi connectivity index (χ2v) is 11.1. The van der Waals surface area contributed by atoms with E-state index in [1.807, 2.05) is 0 Å². The van der Waals surface area contributed by atoms with Gasteiger partial charge >= 0.3 is 0 Å². The van der Waals surface area contributed by atoms with Crippen molar-refractivity contribution >= 4 is 0 Å². The fraction of sp³-hybridized carbons (Fsp3) is 1.00. The predicted octanol–water partition coefficient (Wildman–Crippen LogP) is 7.81. The summed E-state index contributed by atoms with van der Waals surface area (Å²) < 4.78 is 2.38. The Kier molecular flexibility index (Phi) is 17.5. The first kappa shape index (κ1) is 28.9. The zero-order valence-electron chi connectivity index (χ0n) is 21.9. The molecule has 0 heterocycles. The fourth-order valence-electron chi connectivity index (χ4n) is 4.57. The Morgan fingerprint density at radius 3 is 1.24 bits per heavy atom. The summed E-state index contributed by atoms with van der Waals surface area (Å²) in [5.41, 5.74) is 0. The molecule has 0 fully saturated rings. The molecule has 0 saturated heterocycles. The highest BCUT2D eigenvalue weighted by Crippen LogP contribution is 2.16. The molecule has 0 aliphatic carbocycles. The molecule has 0 saturated carbocycles. The van der Waals surface area contributed by atoms with Crippen LogP contribution in [0.4, 0.5) is 0 Å². The van der Waals surface area contributed by atoms with Gasteiger partial charge in [-0.25, -0.2) is 0 Å². The van der Waals surface area contributed by atoms with Crippen molar-refractivity contribution in [2.45, 2.75) is 130 Å². The van der Waals surface area contributed by atoms with Crippen molar-refractivity contribution in [3.63, 3.8) is 0 Å². The summed E-state index contributed by atoms with van der Waals surface area (Å²) in [6.07, 6.45) is 22.8. The first-order valence-electron chi connectivity index (χ1n) is 13.4. The predicted molar refractivity (Wildman–Crippen MR) is 133 cm³/mol.